The van der Waals surface area contributed by atoms with Gasteiger partial charge in [0.05, 0.1) is 5.02 Å². The molecule has 0 saturated carbocycles. The summed E-state index contributed by atoms with van der Waals surface area (Å²) >= 11 is 6.12. The van der Waals surface area contributed by atoms with Crippen molar-refractivity contribution in [2.75, 3.05) is 5.48 Å². The Morgan fingerprint density at radius 3 is 3.22 bits per heavy atom. The minimum atomic E-state index is 0.0614. The molecular weight excluding hydrogens is 258 g/mol. The number of aromatic nitrogens is 2. The number of pyridine rings is 1. The average Bonchev–Trinajstić information content (AvgIpc) is 2.80. The minimum Gasteiger partial charge on any atom is -0.419 e. The summed E-state index contributed by atoms with van der Waals surface area (Å²) in [4.78, 5) is 22.7. The van der Waals surface area contributed by atoms with Crippen molar-refractivity contribution in [1.29, 1.82) is 0 Å². The van der Waals surface area contributed by atoms with Gasteiger partial charge in [0, 0.05) is 11.6 Å². The molecule has 3 aromatic rings. The summed E-state index contributed by atoms with van der Waals surface area (Å²) in [5.41, 5.74) is 3.86. The third-order valence-electron chi connectivity index (χ3n) is 2.39. The molecule has 0 amide bonds. The molecule has 0 spiro atoms. The second kappa shape index (κ2) is 4.15. The minimum absolute atomic E-state index is 0.0614. The van der Waals surface area contributed by atoms with Gasteiger partial charge >= 0.3 is 12.5 Å². The SMILES string of the molecule is O=CONc1nc2cc(Cl)c3cccnc3c2o1. The van der Waals surface area contributed by atoms with E-state index in [4.69, 9.17) is 16.0 Å². The average molecular weight is 264 g/mol. The van der Waals surface area contributed by atoms with Gasteiger partial charge in [-0.05, 0) is 18.2 Å². The van der Waals surface area contributed by atoms with Gasteiger partial charge in [-0.2, -0.15) is 10.5 Å². The number of halogens is 1. The number of fused-ring (bicyclic) bond motifs is 3. The molecule has 0 radical (unpaired) electrons. The number of oxazole rings is 1. The molecule has 90 valence electrons. The van der Waals surface area contributed by atoms with Crippen LogP contribution in [-0.4, -0.2) is 16.4 Å². The fraction of sp³-hybridized carbons (Fsp3) is 0. The van der Waals surface area contributed by atoms with Gasteiger partial charge in [0.2, 0.25) is 0 Å². The number of carbonyl (C=O) groups is 1. The summed E-state index contributed by atoms with van der Waals surface area (Å²) in [6.07, 6.45) is 1.63. The van der Waals surface area contributed by atoms with Gasteiger partial charge in [0.25, 0.3) is 0 Å². The lowest BCUT2D eigenvalue weighted by atomic mass is 10.2. The number of hydrogen-bond donors (Lipinski definition) is 1. The number of benzene rings is 1. The molecule has 0 unspecified atom stereocenters. The zero-order chi connectivity index (χ0) is 12.5. The number of hydrogen-bond acceptors (Lipinski definition) is 6. The van der Waals surface area contributed by atoms with Crippen LogP contribution in [0.5, 0.6) is 0 Å². The van der Waals surface area contributed by atoms with Crippen LogP contribution >= 0.6 is 11.6 Å². The van der Waals surface area contributed by atoms with E-state index in [0.717, 1.165) is 5.39 Å². The first kappa shape index (κ1) is 10.8. The van der Waals surface area contributed by atoms with E-state index in [1.54, 1.807) is 18.3 Å². The second-order valence-electron chi connectivity index (χ2n) is 3.44. The van der Waals surface area contributed by atoms with E-state index in [1.807, 2.05) is 6.07 Å². The lowest BCUT2D eigenvalue weighted by Gasteiger charge is -1.98. The maximum absolute atomic E-state index is 10.1. The lowest BCUT2D eigenvalue weighted by molar-refractivity contribution is -0.126. The van der Waals surface area contributed by atoms with Crippen molar-refractivity contribution < 1.29 is 14.0 Å². The molecule has 0 aliphatic carbocycles. The Morgan fingerprint density at radius 2 is 2.39 bits per heavy atom. The van der Waals surface area contributed by atoms with Gasteiger partial charge in [0.1, 0.15) is 11.0 Å². The Bertz CT molecular complexity index is 741. The van der Waals surface area contributed by atoms with Gasteiger partial charge in [-0.15, -0.1) is 0 Å². The summed E-state index contributed by atoms with van der Waals surface area (Å²) in [5.74, 6) is 0. The van der Waals surface area contributed by atoms with Gasteiger partial charge in [-0.1, -0.05) is 11.6 Å². The lowest BCUT2D eigenvalue weighted by Crippen LogP contribution is -1.97. The van der Waals surface area contributed by atoms with E-state index in [2.05, 4.69) is 20.3 Å². The first-order valence-corrected chi connectivity index (χ1v) is 5.36. The predicted molar refractivity (Wildman–Crippen MR) is 65.1 cm³/mol. The normalized spacial score (nSPS) is 10.7. The van der Waals surface area contributed by atoms with Crippen LogP contribution < -0.4 is 5.48 Å². The molecule has 0 saturated heterocycles. The number of nitrogens with zero attached hydrogens (tertiary/aromatic N) is 2. The first-order chi connectivity index (χ1) is 8.79. The van der Waals surface area contributed by atoms with E-state index >= 15 is 0 Å². The summed E-state index contributed by atoms with van der Waals surface area (Å²) in [6.45, 7) is 0.234. The fourth-order valence-electron chi connectivity index (χ4n) is 1.69. The van der Waals surface area contributed by atoms with Crippen molar-refractivity contribution in [2.24, 2.45) is 0 Å². The van der Waals surface area contributed by atoms with Crippen molar-refractivity contribution in [2.45, 2.75) is 0 Å². The summed E-state index contributed by atoms with van der Waals surface area (Å²) < 4.78 is 5.41. The maximum Gasteiger partial charge on any atom is 0.330 e. The van der Waals surface area contributed by atoms with Gasteiger partial charge < -0.3 is 9.25 Å². The molecule has 2 aromatic heterocycles. The molecule has 0 aliphatic rings. The first-order valence-electron chi connectivity index (χ1n) is 4.98. The molecule has 7 heteroatoms. The van der Waals surface area contributed by atoms with Crippen LogP contribution in [0.3, 0.4) is 0 Å². The van der Waals surface area contributed by atoms with E-state index in [1.165, 1.54) is 0 Å². The molecule has 0 fully saturated rings. The van der Waals surface area contributed by atoms with Crippen LogP contribution in [0, 0.1) is 0 Å². The van der Waals surface area contributed by atoms with Crippen molar-refractivity contribution in [3.63, 3.8) is 0 Å². The summed E-state index contributed by atoms with van der Waals surface area (Å²) in [5, 5.41) is 1.30. The third kappa shape index (κ3) is 1.63. The summed E-state index contributed by atoms with van der Waals surface area (Å²) in [7, 11) is 0. The zero-order valence-electron chi connectivity index (χ0n) is 8.88. The maximum atomic E-state index is 10.1. The highest BCUT2D eigenvalue weighted by Crippen LogP contribution is 2.31. The van der Waals surface area contributed by atoms with Gasteiger partial charge in [-0.3, -0.25) is 9.78 Å². The zero-order valence-corrected chi connectivity index (χ0v) is 9.64. The smallest absolute Gasteiger partial charge is 0.330 e. The molecular formula is C11H6ClN3O3. The molecule has 0 atom stereocenters. The molecule has 0 aliphatic heterocycles. The van der Waals surface area contributed by atoms with Crippen LogP contribution in [0.2, 0.25) is 5.02 Å². The van der Waals surface area contributed by atoms with E-state index < -0.39 is 0 Å². The fourth-order valence-corrected chi connectivity index (χ4v) is 1.95. The van der Waals surface area contributed by atoms with Gasteiger partial charge in [0.15, 0.2) is 5.58 Å². The van der Waals surface area contributed by atoms with Crippen molar-refractivity contribution in [3.8, 4) is 0 Å². The third-order valence-corrected chi connectivity index (χ3v) is 2.70. The highest BCUT2D eigenvalue weighted by molar-refractivity contribution is 6.36. The van der Waals surface area contributed by atoms with Crippen LogP contribution in [0.15, 0.2) is 28.8 Å². The quantitative estimate of drug-likeness (QED) is 0.578. The predicted octanol–water partition coefficient (Wildman–Crippen LogP) is 2.53. The van der Waals surface area contributed by atoms with Crippen LogP contribution in [0.1, 0.15) is 0 Å². The monoisotopic (exact) mass is 263 g/mol. The van der Waals surface area contributed by atoms with Crippen molar-refractivity contribution >= 4 is 46.1 Å². The molecule has 18 heavy (non-hydrogen) atoms. The molecule has 1 aromatic carbocycles. The Morgan fingerprint density at radius 1 is 1.50 bits per heavy atom. The molecule has 6 nitrogen and oxygen atoms in total. The molecule has 0 bridgehead atoms. The summed E-state index contributed by atoms with van der Waals surface area (Å²) in [6, 6.07) is 5.34. The van der Waals surface area contributed by atoms with E-state index in [9.17, 15) is 4.79 Å². The van der Waals surface area contributed by atoms with E-state index in [0.29, 0.717) is 21.6 Å². The highest BCUT2D eigenvalue weighted by atomic mass is 35.5. The van der Waals surface area contributed by atoms with Crippen LogP contribution in [0.4, 0.5) is 6.01 Å². The second-order valence-corrected chi connectivity index (χ2v) is 3.85. The number of nitrogens with one attached hydrogen (secondary N) is 1. The van der Waals surface area contributed by atoms with Crippen molar-refractivity contribution in [1.82, 2.24) is 9.97 Å². The highest BCUT2D eigenvalue weighted by Gasteiger charge is 2.13. The largest absolute Gasteiger partial charge is 0.419 e. The van der Waals surface area contributed by atoms with Crippen LogP contribution in [0.25, 0.3) is 22.0 Å². The number of anilines is 1. The Labute approximate surface area is 105 Å². The molecule has 1 N–H and O–H groups in total. The Hall–Kier alpha value is -2.34. The Kier molecular flexibility index (Phi) is 2.49. The molecule has 3 rings (SSSR count). The molecule has 2 heterocycles. The van der Waals surface area contributed by atoms with Crippen molar-refractivity contribution in [3.05, 3.63) is 29.4 Å². The topological polar surface area (TPSA) is 77.2 Å². The van der Waals surface area contributed by atoms with E-state index in [-0.39, 0.29) is 12.5 Å². The van der Waals surface area contributed by atoms with Gasteiger partial charge in [-0.25, -0.2) is 0 Å². The number of carbonyl (C=O) groups excluding carboxylic acids is 1. The standard InChI is InChI=1S/C11H6ClN3O3/c12-7-4-8-10(9-6(7)2-1-3-13-9)18-11(14-8)15-17-5-16/h1-5H,(H,14,15). The Balaban J connectivity index is 2.26. The number of rotatable bonds is 3. The van der Waals surface area contributed by atoms with Crippen LogP contribution in [-0.2, 0) is 9.63 Å².